The fraction of sp³-hybridized carbons (Fsp3) is 0. The molecule has 4 aliphatic heterocycles. The molecule has 0 radical (unpaired) electrons. The molecule has 13 rings (SSSR count). The van der Waals surface area contributed by atoms with Gasteiger partial charge in [0.25, 0.3) is 0 Å². The van der Waals surface area contributed by atoms with Crippen molar-refractivity contribution in [2.75, 3.05) is 15.0 Å². The van der Waals surface area contributed by atoms with Crippen LogP contribution in [0.5, 0.6) is 0 Å². The average Bonchev–Trinajstić information content (AvgIpc) is 3.71. The molecule has 5 nitrogen and oxygen atoms in total. The van der Waals surface area contributed by atoms with Crippen molar-refractivity contribution in [2.45, 2.75) is 0 Å². The molecule has 57 heavy (non-hydrogen) atoms. The molecule has 0 bridgehead atoms. The van der Waals surface area contributed by atoms with Gasteiger partial charge in [-0.05, 0) is 105 Å². The van der Waals surface area contributed by atoms with Gasteiger partial charge in [0.1, 0.15) is 0 Å². The standard InChI is InChI=1S/C50H33B2N5/c53-29-27-31-13-9-23-37-35-21-11-25-41-43(35)51(54-47(31)37)45-46-50(40-20-8-7-19-39(40)49(45)56(41)33-15-3-1-4-16-33)57(34-17-5-2-6-18-34)42-26-12-22-36-38-24-10-14-32-28-30-55(48(32)38)52(46)44(36)42/h1-30,54H,53H2/b29-27-. The largest absolute Gasteiger partial charge is 0.419 e. The second-order valence-electron chi connectivity index (χ2n) is 15.5. The van der Waals surface area contributed by atoms with Crippen molar-refractivity contribution in [3.63, 3.8) is 0 Å². The number of rotatable bonds is 3. The van der Waals surface area contributed by atoms with E-state index in [4.69, 9.17) is 5.73 Å². The van der Waals surface area contributed by atoms with Gasteiger partial charge in [0.05, 0.1) is 11.4 Å². The smallest absolute Gasteiger partial charge is 0.332 e. The van der Waals surface area contributed by atoms with E-state index < -0.39 is 0 Å². The summed E-state index contributed by atoms with van der Waals surface area (Å²) in [7, 11) is 0. The van der Waals surface area contributed by atoms with Gasteiger partial charge in [-0.3, -0.25) is 0 Å². The number of hydrogen-bond acceptors (Lipinski definition) is 4. The van der Waals surface area contributed by atoms with E-state index in [1.165, 1.54) is 88.5 Å². The van der Waals surface area contributed by atoms with Crippen molar-refractivity contribution in [2.24, 2.45) is 5.73 Å². The van der Waals surface area contributed by atoms with Crippen LogP contribution in [-0.4, -0.2) is 18.2 Å². The van der Waals surface area contributed by atoms with Gasteiger partial charge in [0.2, 0.25) is 0 Å². The highest BCUT2D eigenvalue weighted by Crippen LogP contribution is 2.50. The lowest BCUT2D eigenvalue weighted by Crippen LogP contribution is -2.69. The third-order valence-corrected chi connectivity index (χ3v) is 12.7. The normalized spacial score (nSPS) is 14.0. The Balaban J connectivity index is 1.26. The van der Waals surface area contributed by atoms with Gasteiger partial charge >= 0.3 is 13.7 Å². The lowest BCUT2D eigenvalue weighted by molar-refractivity contribution is 1.23. The number of para-hydroxylation sites is 4. The van der Waals surface area contributed by atoms with Crippen molar-refractivity contribution in [1.82, 2.24) is 4.48 Å². The van der Waals surface area contributed by atoms with Gasteiger partial charge in [-0.2, -0.15) is 0 Å². The molecule has 8 aromatic carbocycles. The molecule has 4 aliphatic rings. The van der Waals surface area contributed by atoms with E-state index in [2.05, 4.69) is 189 Å². The quantitative estimate of drug-likeness (QED) is 0.179. The van der Waals surface area contributed by atoms with Crippen LogP contribution in [0.1, 0.15) is 5.56 Å². The van der Waals surface area contributed by atoms with Crippen molar-refractivity contribution in [3.8, 4) is 22.3 Å². The zero-order valence-corrected chi connectivity index (χ0v) is 30.9. The van der Waals surface area contributed by atoms with E-state index in [0.29, 0.717) is 0 Å². The molecule has 0 aliphatic carbocycles. The predicted octanol–water partition coefficient (Wildman–Crippen LogP) is 9.12. The maximum absolute atomic E-state index is 6.12. The molecule has 3 N–H and O–H groups in total. The van der Waals surface area contributed by atoms with E-state index in [-0.39, 0.29) is 13.7 Å². The third kappa shape index (κ3) is 3.95. The second-order valence-corrected chi connectivity index (χ2v) is 15.5. The zero-order chi connectivity index (χ0) is 37.4. The Kier molecular flexibility index (Phi) is 6.15. The van der Waals surface area contributed by atoms with Gasteiger partial charge in [-0.15, -0.1) is 0 Å². The summed E-state index contributed by atoms with van der Waals surface area (Å²) in [5.74, 6) is 0. The van der Waals surface area contributed by atoms with Crippen LogP contribution < -0.4 is 42.6 Å². The molecule has 9 aromatic rings. The van der Waals surface area contributed by atoms with Crippen LogP contribution in [0, 0.1) is 0 Å². The number of anilines is 7. The number of hydrogen-bond donors (Lipinski definition) is 2. The van der Waals surface area contributed by atoms with Crippen LogP contribution in [-0.2, 0) is 0 Å². The second kappa shape index (κ2) is 11.3. The van der Waals surface area contributed by atoms with E-state index in [1.807, 2.05) is 6.08 Å². The molecule has 0 unspecified atom stereocenters. The molecule has 0 saturated carbocycles. The fourth-order valence-corrected chi connectivity index (χ4v) is 10.7. The highest BCUT2D eigenvalue weighted by molar-refractivity contribution is 7.01. The molecule has 0 saturated heterocycles. The van der Waals surface area contributed by atoms with Crippen LogP contribution in [0.4, 0.5) is 39.8 Å². The summed E-state index contributed by atoms with van der Waals surface area (Å²) in [5, 5.41) is 7.91. The van der Waals surface area contributed by atoms with Crippen LogP contribution in [0.25, 0.3) is 50.0 Å². The highest BCUT2D eigenvalue weighted by atomic mass is 15.2. The summed E-state index contributed by atoms with van der Waals surface area (Å²) in [6.07, 6.45) is 6.00. The third-order valence-electron chi connectivity index (χ3n) is 12.7. The summed E-state index contributed by atoms with van der Waals surface area (Å²) >= 11 is 0. The first-order valence-electron chi connectivity index (χ1n) is 19.7. The number of aromatic nitrogens is 1. The summed E-state index contributed by atoms with van der Waals surface area (Å²) < 4.78 is 2.57. The van der Waals surface area contributed by atoms with Crippen molar-refractivity contribution in [1.29, 1.82) is 0 Å². The summed E-state index contributed by atoms with van der Waals surface area (Å²) in [4.78, 5) is 5.09. The Morgan fingerprint density at radius 3 is 1.77 bits per heavy atom. The Hall–Kier alpha value is -7.37. The van der Waals surface area contributed by atoms with E-state index in [0.717, 1.165) is 22.6 Å². The van der Waals surface area contributed by atoms with Crippen molar-refractivity contribution >= 4 is 103 Å². The summed E-state index contributed by atoms with van der Waals surface area (Å²) in [5.41, 5.74) is 26.9. The first kappa shape index (κ1) is 30.9. The summed E-state index contributed by atoms with van der Waals surface area (Å²) in [6.45, 7) is -0.260. The summed E-state index contributed by atoms with van der Waals surface area (Å²) in [6, 6.07) is 60.3. The zero-order valence-electron chi connectivity index (χ0n) is 30.9. The lowest BCUT2D eigenvalue weighted by Gasteiger charge is -2.47. The first-order valence-corrected chi connectivity index (χ1v) is 19.7. The Labute approximate surface area is 331 Å². The monoisotopic (exact) mass is 725 g/mol. The molecule has 0 atom stereocenters. The van der Waals surface area contributed by atoms with Crippen LogP contribution in [0.15, 0.2) is 176 Å². The van der Waals surface area contributed by atoms with Crippen LogP contribution >= 0.6 is 0 Å². The average molecular weight is 725 g/mol. The minimum absolute atomic E-state index is 0.0920. The van der Waals surface area contributed by atoms with Crippen molar-refractivity contribution < 1.29 is 0 Å². The topological polar surface area (TPSA) is 49.5 Å². The minimum Gasteiger partial charge on any atom is -0.419 e. The molecule has 0 fully saturated rings. The molecule has 1 aromatic heterocycles. The van der Waals surface area contributed by atoms with E-state index >= 15 is 0 Å². The molecule has 264 valence electrons. The maximum atomic E-state index is 6.12. The number of nitrogens with zero attached hydrogens (tertiary/aromatic N) is 3. The molecule has 7 heteroatoms. The number of fused-ring (bicyclic) bond motifs is 12. The van der Waals surface area contributed by atoms with Gasteiger partial charge in [-0.25, -0.2) is 0 Å². The molecular formula is C50H33B2N5. The van der Waals surface area contributed by atoms with Crippen LogP contribution in [0.3, 0.4) is 0 Å². The number of nitrogens with one attached hydrogen (secondary N) is 1. The van der Waals surface area contributed by atoms with Gasteiger partial charge in [0.15, 0.2) is 0 Å². The Bertz CT molecular complexity index is 3210. The van der Waals surface area contributed by atoms with Gasteiger partial charge in [0, 0.05) is 55.9 Å². The SMILES string of the molecule is N/C=C\c1cccc2c1NB1c3c-2cccc3N(c2ccccc2)c2c1c1c(c3ccccc23)N(c2ccccc2)c2cccc3c2B1n1ccc2cccc-3c21. The van der Waals surface area contributed by atoms with Crippen molar-refractivity contribution in [3.05, 3.63) is 182 Å². The highest BCUT2D eigenvalue weighted by Gasteiger charge is 2.50. The molecule has 0 amide bonds. The molecule has 0 spiro atoms. The van der Waals surface area contributed by atoms with E-state index in [1.54, 1.807) is 6.20 Å². The lowest BCUT2D eigenvalue weighted by atomic mass is 9.35. The first-order chi connectivity index (χ1) is 28.3. The van der Waals surface area contributed by atoms with E-state index in [9.17, 15) is 0 Å². The Morgan fingerprint density at radius 1 is 0.491 bits per heavy atom. The Morgan fingerprint density at radius 2 is 1.07 bits per heavy atom. The number of benzene rings is 8. The minimum atomic E-state index is -0.168. The predicted molar refractivity (Wildman–Crippen MR) is 242 cm³/mol. The fourth-order valence-electron chi connectivity index (χ4n) is 10.7. The number of nitrogens with two attached hydrogens (primary N) is 1. The molecule has 5 heterocycles. The van der Waals surface area contributed by atoms with Gasteiger partial charge < -0.3 is 25.2 Å². The van der Waals surface area contributed by atoms with Crippen LogP contribution in [0.2, 0.25) is 0 Å². The van der Waals surface area contributed by atoms with Gasteiger partial charge in [-0.1, -0.05) is 121 Å². The molecular weight excluding hydrogens is 692 g/mol. The maximum Gasteiger partial charge on any atom is 0.332 e.